The molecule has 3 N–H and O–H groups in total. The average molecular weight is 420 g/mol. The lowest BCUT2D eigenvalue weighted by Gasteiger charge is -2.13. The third kappa shape index (κ3) is 3.16. The van der Waals surface area contributed by atoms with Crippen molar-refractivity contribution in [2.75, 3.05) is 10.5 Å². The van der Waals surface area contributed by atoms with Gasteiger partial charge in [0.15, 0.2) is 0 Å². The molecule has 0 fully saturated rings. The fourth-order valence-corrected chi connectivity index (χ4v) is 4.22. The molecule has 20 heavy (non-hydrogen) atoms. The van der Waals surface area contributed by atoms with Crippen LogP contribution >= 0.6 is 31.9 Å². The molecule has 0 bridgehead atoms. The quantitative estimate of drug-likeness (QED) is 0.741. The zero-order valence-corrected chi connectivity index (χ0v) is 14.5. The second-order valence-corrected chi connectivity index (χ2v) is 7.62. The van der Waals surface area contributed by atoms with E-state index in [4.69, 9.17) is 5.73 Å². The Labute approximate surface area is 134 Å². The summed E-state index contributed by atoms with van der Waals surface area (Å²) in [4.78, 5) is 0.153. The molecule has 0 aliphatic carbocycles. The fraction of sp³-hybridized carbons (Fsp3) is 0.0769. The molecule has 0 atom stereocenters. The fourth-order valence-electron chi connectivity index (χ4n) is 1.70. The van der Waals surface area contributed by atoms with Crippen LogP contribution in [0, 0.1) is 6.92 Å². The Morgan fingerprint density at radius 3 is 2.45 bits per heavy atom. The first-order valence-electron chi connectivity index (χ1n) is 5.64. The van der Waals surface area contributed by atoms with E-state index in [0.29, 0.717) is 25.9 Å². The van der Waals surface area contributed by atoms with Crippen LogP contribution in [0.4, 0.5) is 11.4 Å². The SMILES string of the molecule is Cc1c(N)cc(Br)cc1S(=O)(=O)Nc1ccccc1Br. The molecule has 0 amide bonds. The van der Waals surface area contributed by atoms with Crippen LogP contribution in [0.25, 0.3) is 0 Å². The van der Waals surface area contributed by atoms with E-state index in [-0.39, 0.29) is 4.90 Å². The van der Waals surface area contributed by atoms with Crippen LogP contribution in [0.1, 0.15) is 5.56 Å². The maximum Gasteiger partial charge on any atom is 0.262 e. The maximum absolute atomic E-state index is 12.5. The number of benzene rings is 2. The van der Waals surface area contributed by atoms with E-state index >= 15 is 0 Å². The van der Waals surface area contributed by atoms with Crippen molar-refractivity contribution in [3.05, 3.63) is 50.9 Å². The van der Waals surface area contributed by atoms with Gasteiger partial charge in [-0.1, -0.05) is 28.1 Å². The molecular formula is C13H12Br2N2O2S. The molecular weight excluding hydrogens is 408 g/mol. The molecule has 0 saturated heterocycles. The van der Waals surface area contributed by atoms with Crippen molar-refractivity contribution in [1.82, 2.24) is 0 Å². The smallest absolute Gasteiger partial charge is 0.262 e. The van der Waals surface area contributed by atoms with Gasteiger partial charge in [0.05, 0.1) is 10.6 Å². The summed E-state index contributed by atoms with van der Waals surface area (Å²) in [6.07, 6.45) is 0. The highest BCUT2D eigenvalue weighted by Gasteiger charge is 2.20. The average Bonchev–Trinajstić information content (AvgIpc) is 2.36. The molecule has 2 aromatic carbocycles. The Balaban J connectivity index is 2.49. The van der Waals surface area contributed by atoms with Crippen molar-refractivity contribution in [3.63, 3.8) is 0 Å². The number of para-hydroxylation sites is 1. The molecule has 106 valence electrons. The molecule has 2 rings (SSSR count). The van der Waals surface area contributed by atoms with E-state index in [9.17, 15) is 8.42 Å². The van der Waals surface area contributed by atoms with Crippen molar-refractivity contribution >= 4 is 53.3 Å². The van der Waals surface area contributed by atoms with E-state index in [2.05, 4.69) is 36.6 Å². The Hall–Kier alpha value is -1.05. The van der Waals surface area contributed by atoms with E-state index in [1.54, 1.807) is 31.2 Å². The van der Waals surface area contributed by atoms with Gasteiger partial charge in [-0.25, -0.2) is 8.42 Å². The van der Waals surface area contributed by atoms with Crippen LogP contribution in [-0.2, 0) is 10.0 Å². The second-order valence-electron chi connectivity index (χ2n) is 4.20. The van der Waals surface area contributed by atoms with Crippen LogP contribution in [0.15, 0.2) is 50.2 Å². The summed E-state index contributed by atoms with van der Waals surface area (Å²) in [6.45, 7) is 1.68. The van der Waals surface area contributed by atoms with Gasteiger partial charge in [0.1, 0.15) is 0 Å². The topological polar surface area (TPSA) is 72.2 Å². The number of hydrogen-bond acceptors (Lipinski definition) is 3. The monoisotopic (exact) mass is 418 g/mol. The third-order valence-corrected chi connectivity index (χ3v) is 5.41. The molecule has 7 heteroatoms. The summed E-state index contributed by atoms with van der Waals surface area (Å²) in [7, 11) is -3.70. The minimum absolute atomic E-state index is 0.153. The van der Waals surface area contributed by atoms with Gasteiger partial charge in [-0.2, -0.15) is 0 Å². The predicted octanol–water partition coefficient (Wildman–Crippen LogP) is 3.90. The van der Waals surface area contributed by atoms with Gasteiger partial charge in [0, 0.05) is 14.6 Å². The van der Waals surface area contributed by atoms with Gasteiger partial charge in [-0.15, -0.1) is 0 Å². The second kappa shape index (κ2) is 5.75. The number of rotatable bonds is 3. The summed E-state index contributed by atoms with van der Waals surface area (Å²) in [5, 5.41) is 0. The molecule has 0 saturated carbocycles. The minimum atomic E-state index is -3.70. The van der Waals surface area contributed by atoms with Gasteiger partial charge in [0.2, 0.25) is 0 Å². The van der Waals surface area contributed by atoms with Gasteiger partial charge in [-0.05, 0) is 52.7 Å². The van der Waals surface area contributed by atoms with E-state index in [1.165, 1.54) is 6.07 Å². The summed E-state index contributed by atoms with van der Waals surface area (Å²) < 4.78 is 28.8. The van der Waals surface area contributed by atoms with E-state index in [1.807, 2.05) is 6.07 Å². The zero-order chi connectivity index (χ0) is 14.9. The number of nitrogens with one attached hydrogen (secondary N) is 1. The van der Waals surface area contributed by atoms with Crippen molar-refractivity contribution < 1.29 is 8.42 Å². The first-order valence-corrected chi connectivity index (χ1v) is 8.71. The van der Waals surface area contributed by atoms with Gasteiger partial charge < -0.3 is 5.73 Å². The Kier molecular flexibility index (Phi) is 4.41. The van der Waals surface area contributed by atoms with E-state index in [0.717, 1.165) is 0 Å². The molecule has 0 radical (unpaired) electrons. The summed E-state index contributed by atoms with van der Waals surface area (Å²) in [5.74, 6) is 0. The van der Waals surface area contributed by atoms with Crippen molar-refractivity contribution in [1.29, 1.82) is 0 Å². The molecule has 0 aromatic heterocycles. The Bertz CT molecular complexity index is 761. The van der Waals surface area contributed by atoms with Crippen LogP contribution in [0.2, 0.25) is 0 Å². The molecule has 0 unspecified atom stereocenters. The number of sulfonamides is 1. The Morgan fingerprint density at radius 2 is 1.80 bits per heavy atom. The van der Waals surface area contributed by atoms with Crippen molar-refractivity contribution in [2.45, 2.75) is 11.8 Å². The van der Waals surface area contributed by atoms with Gasteiger partial charge >= 0.3 is 0 Å². The zero-order valence-electron chi connectivity index (χ0n) is 10.5. The minimum Gasteiger partial charge on any atom is -0.398 e. The summed E-state index contributed by atoms with van der Waals surface area (Å²) in [6, 6.07) is 10.2. The number of nitrogen functional groups attached to an aromatic ring is 1. The van der Waals surface area contributed by atoms with Crippen molar-refractivity contribution in [2.24, 2.45) is 0 Å². The lowest BCUT2D eigenvalue weighted by Crippen LogP contribution is -2.15. The Morgan fingerprint density at radius 1 is 1.15 bits per heavy atom. The maximum atomic E-state index is 12.5. The van der Waals surface area contributed by atoms with Crippen LogP contribution in [0.5, 0.6) is 0 Å². The molecule has 0 spiro atoms. The van der Waals surface area contributed by atoms with Crippen LogP contribution < -0.4 is 10.5 Å². The highest BCUT2D eigenvalue weighted by Crippen LogP contribution is 2.29. The number of hydrogen-bond donors (Lipinski definition) is 2. The van der Waals surface area contributed by atoms with Gasteiger partial charge in [0.25, 0.3) is 10.0 Å². The van der Waals surface area contributed by atoms with Crippen molar-refractivity contribution in [3.8, 4) is 0 Å². The third-order valence-electron chi connectivity index (χ3n) is 2.77. The molecule has 2 aromatic rings. The molecule has 0 aliphatic heterocycles. The van der Waals surface area contributed by atoms with Crippen LogP contribution in [-0.4, -0.2) is 8.42 Å². The highest BCUT2D eigenvalue weighted by molar-refractivity contribution is 9.10. The number of nitrogens with two attached hydrogens (primary N) is 1. The largest absolute Gasteiger partial charge is 0.398 e. The number of halogens is 2. The first-order chi connectivity index (χ1) is 9.31. The number of anilines is 2. The molecule has 0 aliphatic rings. The molecule has 0 heterocycles. The predicted molar refractivity (Wildman–Crippen MR) is 88.2 cm³/mol. The normalized spacial score (nSPS) is 11.3. The first kappa shape index (κ1) is 15.3. The van der Waals surface area contributed by atoms with E-state index < -0.39 is 10.0 Å². The standard InChI is InChI=1S/C13H12Br2N2O2S/c1-8-11(16)6-9(14)7-13(8)20(18,19)17-12-5-3-2-4-10(12)15/h2-7,17H,16H2,1H3. The lowest BCUT2D eigenvalue weighted by molar-refractivity contribution is 0.600. The van der Waals surface area contributed by atoms with Crippen LogP contribution in [0.3, 0.4) is 0 Å². The molecule has 4 nitrogen and oxygen atoms in total. The summed E-state index contributed by atoms with van der Waals surface area (Å²) in [5.41, 5.74) is 7.23. The highest BCUT2D eigenvalue weighted by atomic mass is 79.9. The lowest BCUT2D eigenvalue weighted by atomic mass is 10.2. The summed E-state index contributed by atoms with van der Waals surface area (Å²) >= 11 is 6.57. The van der Waals surface area contributed by atoms with Gasteiger partial charge in [-0.3, -0.25) is 4.72 Å².